The van der Waals surface area contributed by atoms with E-state index in [1.165, 1.54) is 24.4 Å². The van der Waals surface area contributed by atoms with E-state index < -0.39 is 26.0 Å². The molecule has 1 aliphatic rings. The number of amides is 1. The van der Waals surface area contributed by atoms with Crippen molar-refractivity contribution in [3.05, 3.63) is 107 Å². The number of hydrogen-bond acceptors (Lipinski definition) is 15. The van der Waals surface area contributed by atoms with Gasteiger partial charge in [0.2, 0.25) is 12.7 Å². The third kappa shape index (κ3) is 9.21. The summed E-state index contributed by atoms with van der Waals surface area (Å²) in [5.41, 5.74) is 5.38. The van der Waals surface area contributed by atoms with Crippen molar-refractivity contribution in [2.45, 2.75) is 64.7 Å². The van der Waals surface area contributed by atoms with Crippen LogP contribution in [0.15, 0.2) is 66.0 Å². The van der Waals surface area contributed by atoms with Gasteiger partial charge in [-0.05, 0) is 112 Å². The summed E-state index contributed by atoms with van der Waals surface area (Å²) < 4.78 is 76.5. The second-order valence-corrected chi connectivity index (χ2v) is 18.8. The summed E-state index contributed by atoms with van der Waals surface area (Å²) in [7, 11) is -8.18. The Morgan fingerprint density at radius 1 is 0.763 bits per heavy atom. The number of benzene rings is 2. The molecule has 16 nitrogen and oxygen atoms in total. The molecule has 1 amide bonds. The molecule has 0 radical (unpaired) electrons. The van der Waals surface area contributed by atoms with Crippen LogP contribution in [0.5, 0.6) is 11.5 Å². The van der Waals surface area contributed by atoms with Crippen LogP contribution in [0.4, 0.5) is 17.5 Å². The molecule has 310 valence electrons. The van der Waals surface area contributed by atoms with E-state index in [0.29, 0.717) is 45.3 Å². The molecular formula is C38H36ClN5O11S4. The molecule has 0 unspecified atom stereocenters. The molecule has 0 bridgehead atoms. The number of fused-ring (bicyclic) bond motifs is 1. The van der Waals surface area contributed by atoms with Crippen LogP contribution in [0.1, 0.15) is 75.8 Å². The van der Waals surface area contributed by atoms with Gasteiger partial charge in [-0.25, -0.2) is 26.3 Å². The molecule has 1 aliphatic heterocycles. The zero-order valence-corrected chi connectivity index (χ0v) is 36.5. The van der Waals surface area contributed by atoms with Gasteiger partial charge in [-0.3, -0.25) is 14.4 Å². The second-order valence-electron chi connectivity index (χ2n) is 13.3. The highest BCUT2D eigenvalue weighted by atomic mass is 35.5. The number of Topliss-reactive ketones (excluding diaryl/α,β-unsaturated/α-hetero) is 2. The predicted octanol–water partition coefficient (Wildman–Crippen LogP) is 8.19. The van der Waals surface area contributed by atoms with Crippen LogP contribution >= 0.6 is 34.3 Å². The Morgan fingerprint density at radius 2 is 1.34 bits per heavy atom. The van der Waals surface area contributed by atoms with E-state index >= 15 is 0 Å². The van der Waals surface area contributed by atoms with Gasteiger partial charge in [0.05, 0.1) is 16.3 Å². The first-order valence-electron chi connectivity index (χ1n) is 17.4. The van der Waals surface area contributed by atoms with Crippen LogP contribution in [0.3, 0.4) is 0 Å². The number of thiophene rings is 2. The highest BCUT2D eigenvalue weighted by Crippen LogP contribution is 2.36. The fourth-order valence-corrected chi connectivity index (χ4v) is 10.7. The van der Waals surface area contributed by atoms with E-state index in [9.17, 15) is 31.2 Å². The SMILES string of the molecule is CC(=O)c1cc(C)cc(C)c1NC(=O)c1sccc1S(=O)(=O)Nc1onc(C)c1C.Cc1cc2c(cc1CC(=O)c1sccc1S(=O)(=O)Nc1onc(C)c1Cl)OCO2. The van der Waals surface area contributed by atoms with Crippen molar-refractivity contribution in [3.8, 4) is 11.5 Å². The maximum atomic E-state index is 12.9. The molecule has 3 N–H and O–H groups in total. The minimum absolute atomic E-state index is 0.00157. The van der Waals surface area contributed by atoms with Gasteiger partial charge in [0.1, 0.15) is 25.4 Å². The summed E-state index contributed by atoms with van der Waals surface area (Å²) >= 11 is 8.02. The molecule has 5 heterocycles. The number of halogens is 1. The van der Waals surface area contributed by atoms with Crippen LogP contribution in [0, 0.1) is 41.5 Å². The number of carbonyl (C=O) groups is 3. The summed E-state index contributed by atoms with van der Waals surface area (Å²) in [5.74, 6) is -0.156. The first-order chi connectivity index (χ1) is 27.8. The predicted molar refractivity (Wildman–Crippen MR) is 222 cm³/mol. The van der Waals surface area contributed by atoms with Crippen molar-refractivity contribution >= 4 is 89.3 Å². The number of sulfonamides is 2. The number of aromatic nitrogens is 2. The van der Waals surface area contributed by atoms with Crippen LogP contribution in [-0.2, 0) is 26.5 Å². The Labute approximate surface area is 351 Å². The molecule has 0 atom stereocenters. The lowest BCUT2D eigenvalue weighted by Gasteiger charge is -2.14. The number of anilines is 3. The average molecular weight is 902 g/mol. The van der Waals surface area contributed by atoms with Crippen molar-refractivity contribution in [2.24, 2.45) is 0 Å². The lowest BCUT2D eigenvalue weighted by Crippen LogP contribution is -2.20. The summed E-state index contributed by atoms with van der Waals surface area (Å²) in [6.07, 6.45) is 0.0215. The lowest BCUT2D eigenvalue weighted by atomic mass is 10.0. The molecule has 59 heavy (non-hydrogen) atoms. The summed E-state index contributed by atoms with van der Waals surface area (Å²) in [6, 6.07) is 9.77. The Bertz CT molecular complexity index is 2860. The van der Waals surface area contributed by atoms with Crippen LogP contribution < -0.4 is 24.2 Å². The van der Waals surface area contributed by atoms with E-state index in [-0.39, 0.29) is 61.1 Å². The van der Waals surface area contributed by atoms with Gasteiger partial charge in [0.25, 0.3) is 31.8 Å². The van der Waals surface area contributed by atoms with Crippen molar-refractivity contribution < 1.29 is 49.7 Å². The highest BCUT2D eigenvalue weighted by molar-refractivity contribution is 7.93. The smallest absolute Gasteiger partial charge is 0.267 e. The topological polar surface area (TPSA) is 226 Å². The standard InChI is InChI=1S/C20H21N3O5S2.C18H15ClN2O6S2/c1-10-8-11(2)17(15(9-10)14(5)24)21-19(25)18-16(6-7-29-18)30(26,27)23-20-12(3)13(4)22-28-20;1-9-5-13-14(26-8-25-13)7-11(9)6-12(22)17-15(3-4-28-17)29(23,24)21-18-16(19)10(2)20-27-18/h6-9,23H,1-5H3,(H,21,25);3-5,7,21H,6,8H2,1-2H3. The fourth-order valence-electron chi connectivity index (χ4n) is 5.78. The van der Waals surface area contributed by atoms with E-state index in [0.717, 1.165) is 39.4 Å². The number of nitrogens with one attached hydrogen (secondary N) is 3. The van der Waals surface area contributed by atoms with Crippen molar-refractivity contribution in [3.63, 3.8) is 0 Å². The molecular weight excluding hydrogens is 866 g/mol. The zero-order chi connectivity index (χ0) is 43.0. The largest absolute Gasteiger partial charge is 0.454 e. The molecule has 0 aliphatic carbocycles. The van der Waals surface area contributed by atoms with Gasteiger partial charge in [-0.1, -0.05) is 28.0 Å². The van der Waals surface area contributed by atoms with Crippen molar-refractivity contribution in [1.29, 1.82) is 0 Å². The minimum Gasteiger partial charge on any atom is -0.454 e. The number of hydrogen-bond donors (Lipinski definition) is 3. The lowest BCUT2D eigenvalue weighted by molar-refractivity contribution is 0.0989. The van der Waals surface area contributed by atoms with Gasteiger partial charge < -0.3 is 23.8 Å². The van der Waals surface area contributed by atoms with Crippen molar-refractivity contribution in [1.82, 2.24) is 10.3 Å². The molecule has 2 aromatic carbocycles. The average Bonchev–Trinajstić information content (AvgIpc) is 4.02. The fraction of sp³-hybridized carbons (Fsp3) is 0.237. The quantitative estimate of drug-likeness (QED) is 0.0986. The first kappa shape index (κ1) is 43.0. The Hall–Kier alpha value is -5.54. The number of nitrogens with zero attached hydrogens (tertiary/aromatic N) is 2. The second kappa shape index (κ2) is 17.0. The third-order valence-corrected chi connectivity index (χ3v) is 14.3. The van der Waals surface area contributed by atoms with Crippen molar-refractivity contribution in [2.75, 3.05) is 21.6 Å². The van der Waals surface area contributed by atoms with Gasteiger partial charge in [-0.15, -0.1) is 22.7 Å². The van der Waals surface area contributed by atoms with E-state index in [4.69, 9.17) is 30.1 Å². The van der Waals surface area contributed by atoms with Crippen LogP contribution in [0.25, 0.3) is 0 Å². The first-order valence-corrected chi connectivity index (χ1v) is 22.5. The monoisotopic (exact) mass is 901 g/mol. The molecule has 7 rings (SSSR count). The van der Waals surface area contributed by atoms with E-state index in [2.05, 4.69) is 25.1 Å². The maximum absolute atomic E-state index is 12.9. The summed E-state index contributed by atoms with van der Waals surface area (Å²) in [6.45, 7) is 12.0. The zero-order valence-electron chi connectivity index (χ0n) is 32.4. The number of ether oxygens (including phenoxy) is 2. The molecule has 0 spiro atoms. The third-order valence-electron chi connectivity index (χ3n) is 8.98. The number of rotatable bonds is 12. The normalized spacial score (nSPS) is 12.1. The van der Waals surface area contributed by atoms with Gasteiger partial charge in [0.15, 0.2) is 23.1 Å². The molecule has 21 heteroatoms. The summed E-state index contributed by atoms with van der Waals surface area (Å²) in [4.78, 5) is 37.6. The van der Waals surface area contributed by atoms with E-state index in [1.807, 2.05) is 19.9 Å². The minimum atomic E-state index is -4.09. The van der Waals surface area contributed by atoms with Gasteiger partial charge >= 0.3 is 0 Å². The Morgan fingerprint density at radius 3 is 1.93 bits per heavy atom. The molecule has 0 saturated carbocycles. The van der Waals surface area contributed by atoms with Gasteiger partial charge in [0, 0.05) is 17.5 Å². The highest BCUT2D eigenvalue weighted by Gasteiger charge is 2.29. The molecule has 4 aromatic heterocycles. The van der Waals surface area contributed by atoms with Crippen LogP contribution in [0.2, 0.25) is 5.02 Å². The molecule has 0 fully saturated rings. The maximum Gasteiger partial charge on any atom is 0.267 e. The Balaban J connectivity index is 0.000000198. The molecule has 0 saturated heterocycles. The molecule has 6 aromatic rings. The Kier molecular flexibility index (Phi) is 12.4. The number of aryl methyl sites for hydroxylation is 5. The number of carbonyl (C=O) groups excluding carboxylic acids is 3. The summed E-state index contributed by atoms with van der Waals surface area (Å²) in [5, 5.41) is 13.2. The van der Waals surface area contributed by atoms with Crippen LogP contribution in [-0.4, -0.2) is 51.4 Å². The van der Waals surface area contributed by atoms with Gasteiger partial charge in [-0.2, -0.15) is 0 Å². The van der Waals surface area contributed by atoms with E-state index in [1.54, 1.807) is 51.3 Å². The number of ketones is 2.